The van der Waals surface area contributed by atoms with E-state index in [1.807, 2.05) is 0 Å². The van der Waals surface area contributed by atoms with Gasteiger partial charge in [-0.3, -0.25) is 10.1 Å². The van der Waals surface area contributed by atoms with E-state index in [0.29, 0.717) is 22.5 Å². The highest BCUT2D eigenvalue weighted by atomic mass is 32.1. The number of rotatable bonds is 7. The number of amides is 3. The molecule has 4 N–H and O–H groups in total. The molecule has 3 aromatic rings. The molecule has 146 valence electrons. The zero-order chi connectivity index (χ0) is 19.9. The molecule has 2 heterocycles. The lowest BCUT2D eigenvalue weighted by molar-refractivity contribution is 0.0954. The van der Waals surface area contributed by atoms with Crippen LogP contribution in [-0.2, 0) is 13.0 Å². The number of H-pyrrole nitrogens is 1. The molecule has 0 aliphatic heterocycles. The summed E-state index contributed by atoms with van der Waals surface area (Å²) in [5.74, 6) is -0.665. The average molecular weight is 405 g/mol. The van der Waals surface area contributed by atoms with Gasteiger partial charge in [-0.05, 0) is 23.8 Å². The third-order valence-electron chi connectivity index (χ3n) is 3.72. The van der Waals surface area contributed by atoms with Gasteiger partial charge in [-0.1, -0.05) is 23.5 Å². The van der Waals surface area contributed by atoms with E-state index in [1.165, 1.54) is 12.1 Å². The first-order valence-electron chi connectivity index (χ1n) is 8.37. The van der Waals surface area contributed by atoms with Crippen LogP contribution in [0.25, 0.3) is 0 Å². The number of aromatic amines is 1. The maximum absolute atomic E-state index is 14.0. The lowest BCUT2D eigenvalue weighted by Crippen LogP contribution is -2.28. The maximum Gasteiger partial charge on any atom is 0.321 e. The Balaban J connectivity index is 1.46. The van der Waals surface area contributed by atoms with Crippen LogP contribution in [-0.4, -0.2) is 28.5 Å². The molecule has 0 atom stereocenters. The maximum atomic E-state index is 14.0. The molecule has 1 aromatic carbocycles. The van der Waals surface area contributed by atoms with Crippen molar-refractivity contribution in [2.24, 2.45) is 0 Å². The molecule has 3 amide bonds. The molecule has 0 saturated heterocycles. The Kier molecular flexibility index (Phi) is 6.33. The molecule has 0 aliphatic carbocycles. The normalized spacial score (nSPS) is 10.5. The smallest absolute Gasteiger partial charge is 0.321 e. The SMILES string of the molecule is O=C(NCc1cccc(F)c1)Nc1nc(CCNC(=O)c2cc[nH]c2)c(F)s1. The van der Waals surface area contributed by atoms with E-state index in [2.05, 4.69) is 25.9 Å². The van der Waals surface area contributed by atoms with Crippen molar-refractivity contribution in [2.45, 2.75) is 13.0 Å². The average Bonchev–Trinajstić information content (AvgIpc) is 3.30. The van der Waals surface area contributed by atoms with Crippen LogP contribution in [0.4, 0.5) is 18.7 Å². The predicted molar refractivity (Wildman–Crippen MR) is 101 cm³/mol. The minimum Gasteiger partial charge on any atom is -0.367 e. The van der Waals surface area contributed by atoms with E-state index in [9.17, 15) is 18.4 Å². The van der Waals surface area contributed by atoms with Gasteiger partial charge in [0.2, 0.25) is 5.13 Å². The van der Waals surface area contributed by atoms with E-state index in [0.717, 1.165) is 0 Å². The Labute approximate surface area is 163 Å². The van der Waals surface area contributed by atoms with Crippen LogP contribution in [0.5, 0.6) is 0 Å². The summed E-state index contributed by atoms with van der Waals surface area (Å²) in [7, 11) is 0. The molecule has 2 aromatic heterocycles. The number of anilines is 1. The van der Waals surface area contributed by atoms with Crippen LogP contribution in [0.15, 0.2) is 42.7 Å². The standard InChI is InChI=1S/C18H17F2N5O2S/c19-13-3-1-2-11(8-13)9-23-17(27)25-18-24-14(15(20)28-18)5-7-22-16(26)12-4-6-21-10-12/h1-4,6,8,10,21H,5,7,9H2,(H,22,26)(H2,23,24,25,27). The fourth-order valence-electron chi connectivity index (χ4n) is 2.37. The highest BCUT2D eigenvalue weighted by Crippen LogP contribution is 2.21. The highest BCUT2D eigenvalue weighted by molar-refractivity contribution is 7.14. The summed E-state index contributed by atoms with van der Waals surface area (Å²) in [5, 5.41) is 7.22. The zero-order valence-corrected chi connectivity index (χ0v) is 15.4. The van der Waals surface area contributed by atoms with Gasteiger partial charge in [0.05, 0.1) is 11.3 Å². The molecule has 0 aliphatic rings. The van der Waals surface area contributed by atoms with Crippen molar-refractivity contribution in [3.05, 3.63) is 70.5 Å². The number of thiazole rings is 1. The summed E-state index contributed by atoms with van der Waals surface area (Å²) in [4.78, 5) is 30.5. The summed E-state index contributed by atoms with van der Waals surface area (Å²) in [6, 6.07) is 6.88. The number of hydrogen-bond acceptors (Lipinski definition) is 4. The number of nitrogens with one attached hydrogen (secondary N) is 4. The monoisotopic (exact) mass is 405 g/mol. The summed E-state index contributed by atoms with van der Waals surface area (Å²) in [6.45, 7) is 0.325. The largest absolute Gasteiger partial charge is 0.367 e. The lowest BCUT2D eigenvalue weighted by Gasteiger charge is -2.05. The third-order valence-corrected chi connectivity index (χ3v) is 4.52. The number of benzene rings is 1. The Morgan fingerprint density at radius 2 is 2.04 bits per heavy atom. The van der Waals surface area contributed by atoms with Crippen molar-refractivity contribution in [3.8, 4) is 0 Å². The summed E-state index contributed by atoms with van der Waals surface area (Å²) in [5.41, 5.74) is 1.23. The number of carbonyl (C=O) groups is 2. The Bertz CT molecular complexity index is 959. The fourth-order valence-corrected chi connectivity index (χ4v) is 3.11. The van der Waals surface area contributed by atoms with Gasteiger partial charge < -0.3 is 15.6 Å². The van der Waals surface area contributed by atoms with E-state index < -0.39 is 17.0 Å². The second-order valence-corrected chi connectivity index (χ2v) is 6.73. The van der Waals surface area contributed by atoms with Crippen molar-refractivity contribution < 1.29 is 18.4 Å². The Morgan fingerprint density at radius 3 is 2.79 bits per heavy atom. The number of nitrogens with zero attached hydrogens (tertiary/aromatic N) is 1. The minimum atomic E-state index is -0.578. The number of aromatic nitrogens is 2. The lowest BCUT2D eigenvalue weighted by atomic mass is 10.2. The topological polar surface area (TPSA) is 98.9 Å². The van der Waals surface area contributed by atoms with Crippen molar-refractivity contribution in [1.82, 2.24) is 20.6 Å². The Hall–Kier alpha value is -3.27. The summed E-state index contributed by atoms with van der Waals surface area (Å²) < 4.78 is 27.1. The first kappa shape index (κ1) is 19.5. The van der Waals surface area contributed by atoms with Gasteiger partial charge in [0.1, 0.15) is 5.82 Å². The molecule has 10 heteroatoms. The van der Waals surface area contributed by atoms with Gasteiger partial charge in [-0.25, -0.2) is 14.2 Å². The van der Waals surface area contributed by atoms with E-state index >= 15 is 0 Å². The molecule has 0 unspecified atom stereocenters. The molecule has 0 bridgehead atoms. The molecule has 0 radical (unpaired) electrons. The van der Waals surface area contributed by atoms with Crippen molar-refractivity contribution in [1.29, 1.82) is 0 Å². The first-order valence-corrected chi connectivity index (χ1v) is 9.18. The number of hydrogen-bond donors (Lipinski definition) is 4. The van der Waals surface area contributed by atoms with Gasteiger partial charge in [0, 0.05) is 31.9 Å². The highest BCUT2D eigenvalue weighted by Gasteiger charge is 2.14. The van der Waals surface area contributed by atoms with Crippen LogP contribution < -0.4 is 16.0 Å². The molecule has 28 heavy (non-hydrogen) atoms. The Morgan fingerprint density at radius 1 is 1.18 bits per heavy atom. The van der Waals surface area contributed by atoms with Crippen LogP contribution in [0.2, 0.25) is 0 Å². The van der Waals surface area contributed by atoms with Gasteiger partial charge >= 0.3 is 6.03 Å². The number of carbonyl (C=O) groups excluding carboxylic acids is 2. The minimum absolute atomic E-state index is 0.0983. The third kappa shape index (κ3) is 5.36. The van der Waals surface area contributed by atoms with E-state index in [-0.39, 0.29) is 36.2 Å². The summed E-state index contributed by atoms with van der Waals surface area (Å²) >= 11 is 0.696. The fraction of sp³-hybridized carbons (Fsp3) is 0.167. The first-order chi connectivity index (χ1) is 13.5. The van der Waals surface area contributed by atoms with E-state index in [4.69, 9.17) is 0 Å². The molecular weight excluding hydrogens is 388 g/mol. The van der Waals surface area contributed by atoms with Crippen LogP contribution in [0.3, 0.4) is 0 Å². The molecule has 0 spiro atoms. The summed E-state index contributed by atoms with van der Waals surface area (Å²) in [6.07, 6.45) is 3.38. The van der Waals surface area contributed by atoms with E-state index in [1.54, 1.807) is 30.6 Å². The second kappa shape index (κ2) is 9.09. The van der Waals surface area contributed by atoms with Crippen LogP contribution in [0, 0.1) is 10.9 Å². The molecule has 3 rings (SSSR count). The zero-order valence-electron chi connectivity index (χ0n) is 14.6. The molecular formula is C18H17F2N5O2S. The van der Waals surface area contributed by atoms with Crippen LogP contribution in [0.1, 0.15) is 21.6 Å². The molecule has 0 saturated carbocycles. The number of urea groups is 1. The number of halogens is 2. The van der Waals surface area contributed by atoms with Gasteiger partial charge in [0.25, 0.3) is 5.91 Å². The van der Waals surface area contributed by atoms with Gasteiger partial charge in [-0.2, -0.15) is 4.39 Å². The molecule has 7 nitrogen and oxygen atoms in total. The van der Waals surface area contributed by atoms with Gasteiger partial charge in [-0.15, -0.1) is 0 Å². The van der Waals surface area contributed by atoms with Crippen LogP contribution >= 0.6 is 11.3 Å². The predicted octanol–water partition coefficient (Wildman–Crippen LogP) is 3.04. The quantitative estimate of drug-likeness (QED) is 0.486. The van der Waals surface area contributed by atoms with Crippen molar-refractivity contribution in [2.75, 3.05) is 11.9 Å². The van der Waals surface area contributed by atoms with Crippen molar-refractivity contribution >= 4 is 28.4 Å². The molecule has 0 fully saturated rings. The second-order valence-electron chi connectivity index (χ2n) is 5.78. The van der Waals surface area contributed by atoms with Crippen molar-refractivity contribution in [3.63, 3.8) is 0 Å². The van der Waals surface area contributed by atoms with Gasteiger partial charge in [0.15, 0.2) is 5.13 Å².